The van der Waals surface area contributed by atoms with Crippen LogP contribution in [-0.4, -0.2) is 46.3 Å². The van der Waals surface area contributed by atoms with Gasteiger partial charge in [0.2, 0.25) is 5.91 Å². The first-order valence-corrected chi connectivity index (χ1v) is 6.12. The van der Waals surface area contributed by atoms with E-state index in [9.17, 15) is 14.4 Å². The number of esters is 1. The maximum atomic E-state index is 11.6. The molecule has 2 heterocycles. The highest BCUT2D eigenvalue weighted by atomic mass is 32.2. The highest BCUT2D eigenvalue weighted by Gasteiger charge is 2.46. The Morgan fingerprint density at radius 2 is 2.35 bits per heavy atom. The molecule has 0 bridgehead atoms. The van der Waals surface area contributed by atoms with Crippen molar-refractivity contribution in [2.75, 3.05) is 12.4 Å². The van der Waals surface area contributed by atoms with Crippen molar-refractivity contribution in [3.63, 3.8) is 0 Å². The highest BCUT2D eigenvalue weighted by Crippen LogP contribution is 2.35. The zero-order valence-electron chi connectivity index (χ0n) is 9.21. The molecule has 0 aromatic rings. The van der Waals surface area contributed by atoms with Crippen LogP contribution in [-0.2, 0) is 19.1 Å². The Morgan fingerprint density at radius 3 is 3.00 bits per heavy atom. The predicted octanol–water partition coefficient (Wildman–Crippen LogP) is -0.755. The van der Waals surface area contributed by atoms with Gasteiger partial charge in [-0.1, -0.05) is 0 Å². The van der Waals surface area contributed by atoms with Crippen molar-refractivity contribution in [3.05, 3.63) is 11.8 Å². The minimum Gasteiger partial charge on any atom is -0.457 e. The molecule has 2 aliphatic rings. The molecule has 0 radical (unpaired) electrons. The van der Waals surface area contributed by atoms with Gasteiger partial charge in [-0.3, -0.25) is 14.4 Å². The second-order valence-electron chi connectivity index (χ2n) is 3.83. The Hall–Kier alpha value is -1.34. The summed E-state index contributed by atoms with van der Waals surface area (Å²) in [6, 6.07) is -0.471. The number of hydrogen-bond acceptors (Lipinski definition) is 6. The minimum atomic E-state index is -0.498. The minimum absolute atomic E-state index is 0.0622. The van der Waals surface area contributed by atoms with Crippen molar-refractivity contribution >= 4 is 29.4 Å². The second kappa shape index (κ2) is 4.50. The number of carbonyl (C=O) groups is 3. The zero-order valence-corrected chi connectivity index (χ0v) is 10.0. The molecule has 1 saturated heterocycles. The van der Waals surface area contributed by atoms with Gasteiger partial charge in [-0.05, 0) is 0 Å². The molecular weight excluding hydrogens is 244 g/mol. The average Bonchev–Trinajstić information content (AvgIpc) is 2.34. The van der Waals surface area contributed by atoms with Crippen LogP contribution in [0.4, 0.5) is 0 Å². The third kappa shape index (κ3) is 2.20. The molecule has 0 aromatic heterocycles. The van der Waals surface area contributed by atoms with Gasteiger partial charge in [0.05, 0.1) is 0 Å². The van der Waals surface area contributed by atoms with Gasteiger partial charge in [-0.15, -0.1) is 11.8 Å². The molecule has 0 aliphatic carbocycles. The lowest BCUT2D eigenvalue weighted by Crippen LogP contribution is -2.66. The fourth-order valence-corrected chi connectivity index (χ4v) is 2.86. The molecule has 0 saturated carbocycles. The van der Waals surface area contributed by atoms with Crippen LogP contribution in [0.15, 0.2) is 11.8 Å². The quantitative estimate of drug-likeness (QED) is 0.527. The summed E-state index contributed by atoms with van der Waals surface area (Å²) in [6.45, 7) is 0.964. The SMILES string of the molecule is CC(=O)OCC(=O)C1=CN2C(=O)[C@@H](N)[C@H]2SC1. The van der Waals surface area contributed by atoms with Crippen LogP contribution in [0.1, 0.15) is 6.92 Å². The number of amides is 1. The molecule has 7 heteroatoms. The standard InChI is InChI=1S/C10H12N2O4S/c1-5(13)16-3-7(14)6-2-12-9(15)8(11)10(12)17-4-6/h2,8,10H,3-4,11H2,1H3/t8-,10-/m1/s1. The second-order valence-corrected chi connectivity index (χ2v) is 4.94. The van der Waals surface area contributed by atoms with Crippen LogP contribution in [0.3, 0.4) is 0 Å². The summed E-state index contributed by atoms with van der Waals surface area (Å²) < 4.78 is 4.62. The third-order valence-corrected chi connectivity index (χ3v) is 3.93. The molecular formula is C10H12N2O4S. The van der Waals surface area contributed by atoms with Gasteiger partial charge in [0.15, 0.2) is 12.4 Å². The van der Waals surface area contributed by atoms with Gasteiger partial charge >= 0.3 is 5.97 Å². The summed E-state index contributed by atoms with van der Waals surface area (Å²) in [5.41, 5.74) is 6.08. The number of thioether (sulfide) groups is 1. The number of hydrogen-bond donors (Lipinski definition) is 1. The Morgan fingerprint density at radius 1 is 1.65 bits per heavy atom. The number of rotatable bonds is 3. The van der Waals surface area contributed by atoms with Crippen LogP contribution in [0.5, 0.6) is 0 Å². The normalized spacial score (nSPS) is 26.8. The van der Waals surface area contributed by atoms with E-state index in [0.717, 1.165) is 0 Å². The van der Waals surface area contributed by atoms with E-state index < -0.39 is 12.0 Å². The van der Waals surface area contributed by atoms with E-state index in [1.807, 2.05) is 0 Å². The summed E-state index contributed by atoms with van der Waals surface area (Å²) in [5.74, 6) is -0.468. The maximum Gasteiger partial charge on any atom is 0.303 e. The molecule has 2 atom stereocenters. The molecule has 92 valence electrons. The number of ether oxygens (including phenoxy) is 1. The summed E-state index contributed by atoms with van der Waals surface area (Å²) >= 11 is 1.45. The molecule has 1 fully saturated rings. The number of Topliss-reactive ketones (excluding diaryl/α,β-unsaturated/α-hetero) is 1. The van der Waals surface area contributed by atoms with Crippen molar-refractivity contribution in [1.82, 2.24) is 4.90 Å². The fraction of sp³-hybridized carbons (Fsp3) is 0.500. The molecule has 2 rings (SSSR count). The van der Waals surface area contributed by atoms with E-state index in [1.165, 1.54) is 29.8 Å². The first-order valence-electron chi connectivity index (χ1n) is 5.07. The smallest absolute Gasteiger partial charge is 0.303 e. The number of nitrogens with two attached hydrogens (primary N) is 1. The zero-order chi connectivity index (χ0) is 12.6. The number of nitrogens with zero attached hydrogens (tertiary/aromatic N) is 1. The molecule has 6 nitrogen and oxygen atoms in total. The molecule has 17 heavy (non-hydrogen) atoms. The number of fused-ring (bicyclic) bond motifs is 1. The van der Waals surface area contributed by atoms with Crippen LogP contribution < -0.4 is 5.73 Å². The highest BCUT2D eigenvalue weighted by molar-refractivity contribution is 8.00. The van der Waals surface area contributed by atoms with Gasteiger partial charge in [0, 0.05) is 24.4 Å². The van der Waals surface area contributed by atoms with E-state index in [4.69, 9.17) is 5.73 Å². The monoisotopic (exact) mass is 256 g/mol. The number of carbonyl (C=O) groups excluding carboxylic acids is 3. The van der Waals surface area contributed by atoms with Crippen LogP contribution in [0, 0.1) is 0 Å². The Bertz CT molecular complexity index is 421. The van der Waals surface area contributed by atoms with Crippen LogP contribution in [0.25, 0.3) is 0 Å². The van der Waals surface area contributed by atoms with Gasteiger partial charge in [-0.25, -0.2) is 0 Å². The predicted molar refractivity (Wildman–Crippen MR) is 60.8 cm³/mol. The van der Waals surface area contributed by atoms with Crippen molar-refractivity contribution in [1.29, 1.82) is 0 Å². The third-order valence-electron chi connectivity index (χ3n) is 2.59. The lowest BCUT2D eigenvalue weighted by molar-refractivity contribution is -0.145. The van der Waals surface area contributed by atoms with Crippen LogP contribution in [0.2, 0.25) is 0 Å². The first kappa shape index (κ1) is 12.1. The average molecular weight is 256 g/mol. The Balaban J connectivity index is 1.99. The summed E-state index contributed by atoms with van der Waals surface area (Å²) in [6.07, 6.45) is 1.51. The van der Waals surface area contributed by atoms with Gasteiger partial charge in [0.1, 0.15) is 11.4 Å². The fourth-order valence-electron chi connectivity index (χ4n) is 1.62. The van der Waals surface area contributed by atoms with Gasteiger partial charge < -0.3 is 15.4 Å². The van der Waals surface area contributed by atoms with Crippen LogP contribution >= 0.6 is 11.8 Å². The molecule has 0 spiro atoms. The van der Waals surface area contributed by atoms with E-state index in [0.29, 0.717) is 11.3 Å². The lowest BCUT2D eigenvalue weighted by atomic mass is 10.1. The van der Waals surface area contributed by atoms with E-state index in [2.05, 4.69) is 4.74 Å². The molecule has 0 unspecified atom stereocenters. The Labute approximate surface area is 102 Å². The maximum absolute atomic E-state index is 11.6. The molecule has 0 aromatic carbocycles. The van der Waals surface area contributed by atoms with Gasteiger partial charge in [0.25, 0.3) is 0 Å². The topological polar surface area (TPSA) is 89.7 Å². The van der Waals surface area contributed by atoms with E-state index in [-0.39, 0.29) is 23.7 Å². The number of ketones is 1. The number of β-lactam (4-membered cyclic amide) rings is 1. The van der Waals surface area contributed by atoms with Crippen molar-refractivity contribution in [2.24, 2.45) is 5.73 Å². The largest absolute Gasteiger partial charge is 0.457 e. The van der Waals surface area contributed by atoms with Crippen molar-refractivity contribution < 1.29 is 19.1 Å². The molecule has 2 aliphatic heterocycles. The van der Waals surface area contributed by atoms with Gasteiger partial charge in [-0.2, -0.15) is 0 Å². The summed E-state index contributed by atoms with van der Waals surface area (Å²) in [7, 11) is 0. The first-order chi connectivity index (χ1) is 8.00. The molecule has 1 amide bonds. The van der Waals surface area contributed by atoms with Crippen molar-refractivity contribution in [3.8, 4) is 0 Å². The van der Waals surface area contributed by atoms with E-state index in [1.54, 1.807) is 0 Å². The van der Waals surface area contributed by atoms with E-state index >= 15 is 0 Å². The summed E-state index contributed by atoms with van der Waals surface area (Å²) in [4.78, 5) is 35.0. The Kier molecular flexibility index (Phi) is 3.21. The summed E-state index contributed by atoms with van der Waals surface area (Å²) in [5, 5.41) is -0.0622. The van der Waals surface area contributed by atoms with Crippen molar-refractivity contribution in [2.45, 2.75) is 18.3 Å². The molecule has 2 N–H and O–H groups in total. The lowest BCUT2D eigenvalue weighted by Gasteiger charge is -2.45.